The molecule has 1 N–H and O–H groups in total. The molecule has 4 rings (SSSR count). The van der Waals surface area contributed by atoms with E-state index < -0.39 is 0 Å². The average molecular weight is 509 g/mol. The quantitative estimate of drug-likeness (QED) is 0.400. The van der Waals surface area contributed by atoms with Gasteiger partial charge in [-0.15, -0.1) is 0 Å². The van der Waals surface area contributed by atoms with Crippen molar-refractivity contribution in [1.29, 1.82) is 0 Å². The van der Waals surface area contributed by atoms with Gasteiger partial charge in [0, 0.05) is 0 Å². The lowest BCUT2D eigenvalue weighted by Gasteiger charge is -2.09. The molecule has 0 saturated carbocycles. The summed E-state index contributed by atoms with van der Waals surface area (Å²) in [4.78, 5) is 17.4. The highest BCUT2D eigenvalue weighted by Gasteiger charge is 2.23. The first-order valence-corrected chi connectivity index (χ1v) is 11.5. The Kier molecular flexibility index (Phi) is 6.97. The molecule has 0 aromatic heterocycles. The largest absolute Gasteiger partial charge is 0.497 e. The van der Waals surface area contributed by atoms with Gasteiger partial charge < -0.3 is 14.8 Å². The molecule has 5 nitrogen and oxygen atoms in total. The molecule has 3 aromatic rings. The number of ether oxygens (including phenoxy) is 2. The monoisotopic (exact) mass is 508 g/mol. The zero-order chi connectivity index (χ0) is 22.5. The van der Waals surface area contributed by atoms with E-state index in [1.54, 1.807) is 7.11 Å². The summed E-state index contributed by atoms with van der Waals surface area (Å²) in [6.45, 7) is 2.55. The van der Waals surface area contributed by atoms with Crippen LogP contribution in [0.5, 0.6) is 11.5 Å². The normalized spacial score (nSPS) is 15.8. The molecule has 1 heterocycles. The van der Waals surface area contributed by atoms with E-state index in [4.69, 9.17) is 9.47 Å². The lowest BCUT2D eigenvalue weighted by Crippen LogP contribution is -2.19. The van der Waals surface area contributed by atoms with Crippen LogP contribution in [0.2, 0.25) is 0 Å². The maximum Gasteiger partial charge on any atom is 0.264 e. The lowest BCUT2D eigenvalue weighted by atomic mass is 10.1. The molecule has 7 heteroatoms. The Morgan fingerprint density at radius 3 is 2.50 bits per heavy atom. The van der Waals surface area contributed by atoms with Crippen molar-refractivity contribution >= 4 is 50.5 Å². The molecule has 3 aromatic carbocycles. The van der Waals surface area contributed by atoms with Gasteiger partial charge in [-0.05, 0) is 88.2 Å². The number of benzene rings is 3. The van der Waals surface area contributed by atoms with Crippen LogP contribution < -0.4 is 14.8 Å². The van der Waals surface area contributed by atoms with Crippen LogP contribution in [0.4, 0.5) is 5.69 Å². The number of aliphatic imine (C=N–C) groups is 1. The Hall–Kier alpha value is -3.03. The van der Waals surface area contributed by atoms with E-state index in [9.17, 15) is 4.79 Å². The molecule has 1 amide bonds. The van der Waals surface area contributed by atoms with Crippen LogP contribution >= 0.6 is 27.7 Å². The molecule has 1 saturated heterocycles. The number of carbonyl (C=O) groups is 1. The zero-order valence-corrected chi connectivity index (χ0v) is 20.0. The van der Waals surface area contributed by atoms with E-state index in [0.29, 0.717) is 16.7 Å². The zero-order valence-electron chi connectivity index (χ0n) is 17.6. The summed E-state index contributed by atoms with van der Waals surface area (Å²) < 4.78 is 11.9. The SMILES string of the molecule is COc1ccc(N=C2NC(=O)/C(=C\c3ccc(OCc4ccc(C)cc4)c(Br)c3)S2)cc1. The van der Waals surface area contributed by atoms with Gasteiger partial charge in [-0.25, -0.2) is 4.99 Å². The summed E-state index contributed by atoms with van der Waals surface area (Å²) in [5, 5.41) is 3.35. The fraction of sp³-hybridized carbons (Fsp3) is 0.120. The Bertz CT molecular complexity index is 1190. The maximum absolute atomic E-state index is 12.4. The van der Waals surface area contributed by atoms with Gasteiger partial charge in [0.2, 0.25) is 0 Å². The van der Waals surface area contributed by atoms with Crippen molar-refractivity contribution in [3.63, 3.8) is 0 Å². The average Bonchev–Trinajstić information content (AvgIpc) is 3.13. The number of nitrogens with zero attached hydrogens (tertiary/aromatic N) is 1. The van der Waals surface area contributed by atoms with Crippen LogP contribution in [-0.2, 0) is 11.4 Å². The molecular weight excluding hydrogens is 488 g/mol. The Morgan fingerprint density at radius 2 is 1.81 bits per heavy atom. The Morgan fingerprint density at radius 1 is 1.06 bits per heavy atom. The number of thioether (sulfide) groups is 1. The predicted molar refractivity (Wildman–Crippen MR) is 133 cm³/mol. The third-order valence-corrected chi connectivity index (χ3v) is 6.25. The van der Waals surface area contributed by atoms with Gasteiger partial charge in [0.15, 0.2) is 5.17 Å². The first-order valence-electron chi connectivity index (χ1n) is 9.92. The minimum atomic E-state index is -0.168. The highest BCUT2D eigenvalue weighted by Crippen LogP contribution is 2.31. The Balaban J connectivity index is 1.43. The van der Waals surface area contributed by atoms with E-state index in [2.05, 4.69) is 57.4 Å². The lowest BCUT2D eigenvalue weighted by molar-refractivity contribution is -0.115. The Labute approximate surface area is 199 Å². The molecule has 0 unspecified atom stereocenters. The van der Waals surface area contributed by atoms with Crippen molar-refractivity contribution in [3.05, 3.63) is 92.8 Å². The van der Waals surface area contributed by atoms with E-state index in [1.807, 2.05) is 48.5 Å². The van der Waals surface area contributed by atoms with Crippen LogP contribution in [0.3, 0.4) is 0 Å². The van der Waals surface area contributed by atoms with Crippen LogP contribution in [0, 0.1) is 6.92 Å². The number of methoxy groups -OCH3 is 1. The molecule has 0 spiro atoms. The number of hydrogen-bond donors (Lipinski definition) is 1. The summed E-state index contributed by atoms with van der Waals surface area (Å²) >= 11 is 4.88. The van der Waals surface area contributed by atoms with E-state index in [-0.39, 0.29) is 5.91 Å². The molecule has 0 aliphatic carbocycles. The van der Waals surface area contributed by atoms with Crippen molar-refractivity contribution in [2.24, 2.45) is 4.99 Å². The molecule has 32 heavy (non-hydrogen) atoms. The second-order valence-electron chi connectivity index (χ2n) is 7.14. The topological polar surface area (TPSA) is 59.9 Å². The number of hydrogen-bond acceptors (Lipinski definition) is 5. The third kappa shape index (κ3) is 5.60. The molecule has 1 fully saturated rings. The molecule has 1 aliphatic heterocycles. The minimum absolute atomic E-state index is 0.168. The van der Waals surface area contributed by atoms with E-state index in [0.717, 1.165) is 32.8 Å². The minimum Gasteiger partial charge on any atom is -0.497 e. The van der Waals surface area contributed by atoms with Crippen molar-refractivity contribution in [2.75, 3.05) is 7.11 Å². The predicted octanol–water partition coefficient (Wildman–Crippen LogP) is 6.24. The smallest absolute Gasteiger partial charge is 0.264 e. The van der Waals surface area contributed by atoms with Crippen molar-refractivity contribution in [2.45, 2.75) is 13.5 Å². The summed E-state index contributed by atoms with van der Waals surface area (Å²) in [5.41, 5.74) is 3.96. The molecule has 0 atom stereocenters. The summed E-state index contributed by atoms with van der Waals surface area (Å²) in [6, 6.07) is 21.4. The van der Waals surface area contributed by atoms with Gasteiger partial charge in [-0.3, -0.25) is 4.79 Å². The molecule has 162 valence electrons. The van der Waals surface area contributed by atoms with E-state index in [1.165, 1.54) is 17.3 Å². The van der Waals surface area contributed by atoms with Gasteiger partial charge >= 0.3 is 0 Å². The van der Waals surface area contributed by atoms with E-state index >= 15 is 0 Å². The van der Waals surface area contributed by atoms with Crippen molar-refractivity contribution < 1.29 is 14.3 Å². The molecule has 1 aliphatic rings. The van der Waals surface area contributed by atoms with Crippen molar-refractivity contribution in [1.82, 2.24) is 5.32 Å². The number of amides is 1. The number of carbonyl (C=O) groups excluding carboxylic acids is 1. The van der Waals surface area contributed by atoms with Crippen LogP contribution in [0.15, 0.2) is 81.1 Å². The standard InChI is InChI=1S/C25H21BrN2O3S/c1-16-3-5-17(6-4-16)15-31-22-12-7-18(13-21(22)26)14-23-24(29)28-25(32-23)27-19-8-10-20(30-2)11-9-19/h3-14H,15H2,1-2H3,(H,27,28,29)/b23-14+. The van der Waals surface area contributed by atoms with Gasteiger partial charge in [-0.2, -0.15) is 0 Å². The van der Waals surface area contributed by atoms with Crippen molar-refractivity contribution in [3.8, 4) is 11.5 Å². The second kappa shape index (κ2) is 10.1. The summed E-state index contributed by atoms with van der Waals surface area (Å²) in [5.74, 6) is 1.34. The number of nitrogens with one attached hydrogen (secondary N) is 1. The molecule has 0 bridgehead atoms. The maximum atomic E-state index is 12.4. The third-order valence-electron chi connectivity index (χ3n) is 4.72. The van der Waals surface area contributed by atoms with Crippen LogP contribution in [0.1, 0.15) is 16.7 Å². The molecular formula is C25H21BrN2O3S. The number of aryl methyl sites for hydroxylation is 1. The van der Waals surface area contributed by atoms with Crippen LogP contribution in [0.25, 0.3) is 6.08 Å². The first kappa shape index (κ1) is 22.2. The summed E-state index contributed by atoms with van der Waals surface area (Å²) in [7, 11) is 1.62. The second-order valence-corrected chi connectivity index (χ2v) is 9.03. The van der Waals surface area contributed by atoms with Gasteiger partial charge in [-0.1, -0.05) is 35.9 Å². The highest BCUT2D eigenvalue weighted by molar-refractivity contribution is 9.10. The number of rotatable bonds is 6. The summed E-state index contributed by atoms with van der Waals surface area (Å²) in [6.07, 6.45) is 1.84. The fourth-order valence-corrected chi connectivity index (χ4v) is 4.33. The highest BCUT2D eigenvalue weighted by atomic mass is 79.9. The van der Waals surface area contributed by atoms with Crippen LogP contribution in [-0.4, -0.2) is 18.2 Å². The number of amidine groups is 1. The molecule has 0 radical (unpaired) electrons. The fourth-order valence-electron chi connectivity index (χ4n) is 2.98. The first-order chi connectivity index (χ1) is 15.5. The van der Waals surface area contributed by atoms with Gasteiger partial charge in [0.1, 0.15) is 18.1 Å². The number of halogens is 1. The van der Waals surface area contributed by atoms with Gasteiger partial charge in [0.05, 0.1) is 22.2 Å². The van der Waals surface area contributed by atoms with Gasteiger partial charge in [0.25, 0.3) is 5.91 Å².